The summed E-state index contributed by atoms with van der Waals surface area (Å²) in [5.74, 6) is 0.403. The fourth-order valence-corrected chi connectivity index (χ4v) is 2.50. The summed E-state index contributed by atoms with van der Waals surface area (Å²) >= 11 is 0. The van der Waals surface area contributed by atoms with Crippen molar-refractivity contribution in [3.63, 3.8) is 0 Å². The van der Waals surface area contributed by atoms with Gasteiger partial charge in [0.15, 0.2) is 0 Å². The van der Waals surface area contributed by atoms with Gasteiger partial charge in [-0.3, -0.25) is 4.79 Å². The number of nitrogens with one attached hydrogen (secondary N) is 1. The van der Waals surface area contributed by atoms with Crippen LogP contribution in [0.1, 0.15) is 29.5 Å². The van der Waals surface area contributed by atoms with E-state index < -0.39 is 0 Å². The van der Waals surface area contributed by atoms with E-state index in [2.05, 4.69) is 37.4 Å². The molecule has 86 valence electrons. The minimum Gasteiger partial charge on any atom is -0.356 e. The van der Waals surface area contributed by atoms with Gasteiger partial charge in [-0.05, 0) is 38.7 Å². The maximum atomic E-state index is 11.7. The van der Waals surface area contributed by atoms with Crippen LogP contribution in [-0.4, -0.2) is 12.5 Å². The van der Waals surface area contributed by atoms with Gasteiger partial charge in [-0.2, -0.15) is 0 Å². The third kappa shape index (κ3) is 2.63. The minimum atomic E-state index is 0.176. The van der Waals surface area contributed by atoms with Gasteiger partial charge in [0.25, 0.3) is 0 Å². The first-order chi connectivity index (χ1) is 7.65. The highest BCUT2D eigenvalue weighted by Crippen LogP contribution is 2.19. The third-order valence-corrected chi connectivity index (χ3v) is 3.16. The van der Waals surface area contributed by atoms with Crippen molar-refractivity contribution in [2.45, 2.75) is 33.1 Å². The molecule has 0 aromatic heterocycles. The first-order valence-corrected chi connectivity index (χ1v) is 6.00. The normalized spacial score (nSPS) is 20.6. The Hall–Kier alpha value is -1.31. The summed E-state index contributed by atoms with van der Waals surface area (Å²) in [5.41, 5.74) is 3.86. The Balaban J connectivity index is 2.10. The van der Waals surface area contributed by atoms with E-state index in [1.807, 2.05) is 0 Å². The molecule has 2 heteroatoms. The summed E-state index contributed by atoms with van der Waals surface area (Å²) < 4.78 is 0. The highest BCUT2D eigenvalue weighted by molar-refractivity contribution is 5.79. The van der Waals surface area contributed by atoms with Crippen molar-refractivity contribution in [1.82, 2.24) is 5.32 Å². The monoisotopic (exact) mass is 217 g/mol. The van der Waals surface area contributed by atoms with Crippen molar-refractivity contribution in [2.24, 2.45) is 5.92 Å². The van der Waals surface area contributed by atoms with Gasteiger partial charge in [0.1, 0.15) is 0 Å². The molecule has 0 spiro atoms. The maximum absolute atomic E-state index is 11.7. The summed E-state index contributed by atoms with van der Waals surface area (Å²) in [6.07, 6.45) is 3.02. The zero-order chi connectivity index (χ0) is 11.5. The van der Waals surface area contributed by atoms with Gasteiger partial charge in [0.2, 0.25) is 5.91 Å². The van der Waals surface area contributed by atoms with Crippen molar-refractivity contribution in [3.8, 4) is 0 Å². The van der Waals surface area contributed by atoms with E-state index in [-0.39, 0.29) is 11.8 Å². The highest BCUT2D eigenvalue weighted by atomic mass is 16.1. The molecule has 1 saturated heterocycles. The molecule has 1 N–H and O–H groups in total. The van der Waals surface area contributed by atoms with E-state index in [0.717, 1.165) is 25.8 Å². The van der Waals surface area contributed by atoms with Crippen LogP contribution in [0.3, 0.4) is 0 Å². The van der Waals surface area contributed by atoms with E-state index >= 15 is 0 Å². The van der Waals surface area contributed by atoms with Crippen LogP contribution in [0.5, 0.6) is 0 Å². The van der Waals surface area contributed by atoms with Crippen LogP contribution in [0, 0.1) is 19.8 Å². The van der Waals surface area contributed by atoms with Gasteiger partial charge in [-0.15, -0.1) is 0 Å². The first kappa shape index (κ1) is 11.2. The smallest absolute Gasteiger partial charge is 0.223 e. The Morgan fingerprint density at radius 1 is 1.25 bits per heavy atom. The summed E-state index contributed by atoms with van der Waals surface area (Å²) in [7, 11) is 0. The molecule has 1 aromatic rings. The van der Waals surface area contributed by atoms with Crippen LogP contribution < -0.4 is 5.32 Å². The third-order valence-electron chi connectivity index (χ3n) is 3.16. The molecule has 1 aliphatic rings. The second kappa shape index (κ2) is 4.69. The molecule has 0 bridgehead atoms. The van der Waals surface area contributed by atoms with E-state index in [1.54, 1.807) is 0 Å². The van der Waals surface area contributed by atoms with E-state index in [4.69, 9.17) is 0 Å². The number of hydrogen-bond donors (Lipinski definition) is 1. The largest absolute Gasteiger partial charge is 0.356 e. The van der Waals surface area contributed by atoms with Crippen LogP contribution in [0.2, 0.25) is 0 Å². The molecule has 1 aliphatic heterocycles. The second-order valence-electron chi connectivity index (χ2n) is 4.83. The van der Waals surface area contributed by atoms with Crippen LogP contribution in [0.15, 0.2) is 18.2 Å². The molecule has 1 fully saturated rings. The number of benzene rings is 1. The first-order valence-electron chi connectivity index (χ1n) is 6.00. The van der Waals surface area contributed by atoms with Crippen molar-refractivity contribution >= 4 is 5.91 Å². The zero-order valence-electron chi connectivity index (χ0n) is 10.0. The molecule has 0 radical (unpaired) electrons. The molecule has 0 saturated carbocycles. The predicted octanol–water partition coefficient (Wildman–Crippen LogP) is 2.37. The summed E-state index contributed by atoms with van der Waals surface area (Å²) in [6.45, 7) is 5.07. The lowest BCUT2D eigenvalue weighted by Crippen LogP contribution is -2.37. The molecule has 1 atom stereocenters. The summed E-state index contributed by atoms with van der Waals surface area (Å²) in [6, 6.07) is 6.55. The topological polar surface area (TPSA) is 29.1 Å². The molecule has 16 heavy (non-hydrogen) atoms. The van der Waals surface area contributed by atoms with E-state index in [9.17, 15) is 4.79 Å². The van der Waals surface area contributed by atoms with Gasteiger partial charge in [-0.1, -0.05) is 29.3 Å². The molecule has 2 rings (SSSR count). The molecular formula is C14H19NO. The number of amides is 1. The Morgan fingerprint density at radius 3 is 2.56 bits per heavy atom. The quantitative estimate of drug-likeness (QED) is 0.809. The van der Waals surface area contributed by atoms with Crippen LogP contribution in [0.25, 0.3) is 0 Å². The Morgan fingerprint density at radius 2 is 1.94 bits per heavy atom. The molecule has 2 nitrogen and oxygen atoms in total. The minimum absolute atomic E-state index is 0.176. The summed E-state index contributed by atoms with van der Waals surface area (Å²) in [4.78, 5) is 11.7. The predicted molar refractivity (Wildman–Crippen MR) is 65.4 cm³/mol. The van der Waals surface area contributed by atoms with Gasteiger partial charge >= 0.3 is 0 Å². The number of aryl methyl sites for hydroxylation is 2. The Bertz CT molecular complexity index is 377. The molecular weight excluding hydrogens is 198 g/mol. The molecule has 0 aliphatic carbocycles. The van der Waals surface area contributed by atoms with Crippen molar-refractivity contribution < 1.29 is 4.79 Å². The van der Waals surface area contributed by atoms with Gasteiger partial charge in [0.05, 0.1) is 0 Å². The van der Waals surface area contributed by atoms with Crippen molar-refractivity contribution in [3.05, 3.63) is 34.9 Å². The molecule has 1 unspecified atom stereocenters. The van der Waals surface area contributed by atoms with Crippen molar-refractivity contribution in [1.29, 1.82) is 0 Å². The summed E-state index contributed by atoms with van der Waals surface area (Å²) in [5, 5.41) is 2.94. The number of hydrogen-bond acceptors (Lipinski definition) is 1. The number of rotatable bonds is 2. The number of carbonyl (C=O) groups is 1. The Kier molecular flexibility index (Phi) is 3.28. The van der Waals surface area contributed by atoms with Crippen LogP contribution in [0.4, 0.5) is 0 Å². The number of piperidine rings is 1. The maximum Gasteiger partial charge on any atom is 0.223 e. The molecule has 1 amide bonds. The standard InChI is InChI=1S/C14H19NO/c1-10-6-11(2)8-12(7-10)9-13-4-3-5-15-14(13)16/h6-8,13H,3-5,9H2,1-2H3,(H,15,16). The second-order valence-corrected chi connectivity index (χ2v) is 4.83. The highest BCUT2D eigenvalue weighted by Gasteiger charge is 2.21. The fraction of sp³-hybridized carbons (Fsp3) is 0.500. The lowest BCUT2D eigenvalue weighted by molar-refractivity contribution is -0.126. The molecule has 1 heterocycles. The number of carbonyl (C=O) groups excluding carboxylic acids is 1. The zero-order valence-corrected chi connectivity index (χ0v) is 10.0. The fourth-order valence-electron chi connectivity index (χ4n) is 2.50. The van der Waals surface area contributed by atoms with Gasteiger partial charge in [-0.25, -0.2) is 0 Å². The average molecular weight is 217 g/mol. The van der Waals surface area contributed by atoms with E-state index in [0.29, 0.717) is 0 Å². The van der Waals surface area contributed by atoms with Crippen molar-refractivity contribution in [2.75, 3.05) is 6.54 Å². The lowest BCUT2D eigenvalue weighted by Gasteiger charge is -2.22. The van der Waals surface area contributed by atoms with Crippen LogP contribution in [-0.2, 0) is 11.2 Å². The average Bonchev–Trinajstić information content (AvgIpc) is 2.20. The van der Waals surface area contributed by atoms with E-state index in [1.165, 1.54) is 16.7 Å². The SMILES string of the molecule is Cc1cc(C)cc(CC2CCCNC2=O)c1. The van der Waals surface area contributed by atoms with Gasteiger partial charge < -0.3 is 5.32 Å². The molecule has 1 aromatic carbocycles. The Labute approximate surface area is 97.1 Å². The lowest BCUT2D eigenvalue weighted by atomic mass is 9.90. The van der Waals surface area contributed by atoms with Crippen LogP contribution >= 0.6 is 0 Å². The van der Waals surface area contributed by atoms with Gasteiger partial charge in [0, 0.05) is 12.5 Å².